The van der Waals surface area contributed by atoms with Gasteiger partial charge in [-0.15, -0.1) is 0 Å². The average Bonchev–Trinajstić information content (AvgIpc) is 1.35. The van der Waals surface area contributed by atoms with Crippen molar-refractivity contribution in [1.29, 1.82) is 0 Å². The van der Waals surface area contributed by atoms with Gasteiger partial charge >= 0.3 is 42.5 Å². The molecule has 12 atom stereocenters. The molecule has 44 nitrogen and oxygen atoms in total. The SMILES string of the molecule is CC(C)C[C@@H]1NC(=O)[C@@H](Cc2ccccc2)NC(=O)[C@H](CCNC(=O)OC(C)(C)C)NC(=O)[C@@H](NC(=O)[C@H](CCNC(=O)OC(C)(C)C)NC(=O)[C@@H](NC(=O)[C@H](CCNC(=O)OC(C)(C)C)NC(=O)CCN(CCOC(=O)C(C)C)C(=O)OCc2ccccc2)[C@@H](C)O)CCNC(=O)[C@H]([C@@H](C)O)NC(=O)[C@H](CCNC(=O)OC(C)(C)C)NC(=O)[C@H](CCNC(=O)OC(C)(C)C)NC1=O. The molecule has 0 aromatic heterocycles. The van der Waals surface area contributed by atoms with Crippen LogP contribution in [0.25, 0.3) is 0 Å². The number of hydrogen-bond donors (Lipinski definition) is 18. The molecule has 746 valence electrons. The van der Waals surface area contributed by atoms with Crippen molar-refractivity contribution in [2.24, 2.45) is 11.8 Å². The number of hydrogen-bond acceptors (Lipinski definition) is 27. The summed E-state index contributed by atoms with van der Waals surface area (Å²) < 4.78 is 37.9. The highest BCUT2D eigenvalue weighted by molar-refractivity contribution is 6.00. The third-order valence-electron chi connectivity index (χ3n) is 18.6. The fourth-order valence-electron chi connectivity index (χ4n) is 12.2. The van der Waals surface area contributed by atoms with Gasteiger partial charge in [-0.05, 0) is 180 Å². The van der Waals surface area contributed by atoms with Crippen molar-refractivity contribution in [1.82, 2.24) is 90.0 Å². The molecule has 18 N–H and O–H groups in total. The highest BCUT2D eigenvalue weighted by Gasteiger charge is 2.40. The first-order chi connectivity index (χ1) is 61.8. The lowest BCUT2D eigenvalue weighted by Gasteiger charge is -2.29. The summed E-state index contributed by atoms with van der Waals surface area (Å²) in [7, 11) is 0. The molecule has 0 radical (unpaired) electrons. The number of carbonyl (C=O) groups is 18. The first-order valence-electron chi connectivity index (χ1n) is 44.4. The molecular weight excluding hydrogens is 1740 g/mol. The molecule has 0 unspecified atom stereocenters. The first-order valence-corrected chi connectivity index (χ1v) is 44.4. The van der Waals surface area contributed by atoms with E-state index in [0.29, 0.717) is 11.1 Å². The second kappa shape index (κ2) is 55.2. The maximum atomic E-state index is 15.5. The quantitative estimate of drug-likeness (QED) is 0.0340. The summed E-state index contributed by atoms with van der Waals surface area (Å²) in [6, 6.07) is -1.48. The van der Waals surface area contributed by atoms with E-state index in [1.54, 1.807) is 192 Å². The van der Waals surface area contributed by atoms with Crippen LogP contribution in [0.5, 0.6) is 0 Å². The molecule has 2 aromatic rings. The Labute approximate surface area is 776 Å². The van der Waals surface area contributed by atoms with Gasteiger partial charge in [0.05, 0.1) is 24.7 Å². The van der Waals surface area contributed by atoms with Crippen LogP contribution in [-0.4, -0.2) is 282 Å². The van der Waals surface area contributed by atoms with E-state index in [1.807, 2.05) is 0 Å². The Morgan fingerprint density at radius 1 is 0.436 bits per heavy atom. The fourth-order valence-corrected chi connectivity index (χ4v) is 12.2. The van der Waals surface area contributed by atoms with E-state index in [0.717, 1.165) is 18.7 Å². The molecule has 1 saturated heterocycles. The lowest BCUT2D eigenvalue weighted by atomic mass is 10.00. The number of alkyl carbamates (subject to hydrolysis) is 5. The van der Waals surface area contributed by atoms with Gasteiger partial charge in [0.2, 0.25) is 65.0 Å². The normalized spacial score (nSPS) is 18.8. The van der Waals surface area contributed by atoms with Crippen LogP contribution >= 0.6 is 0 Å². The van der Waals surface area contributed by atoms with Crippen molar-refractivity contribution < 1.29 is 130 Å². The van der Waals surface area contributed by atoms with Gasteiger partial charge in [-0.25, -0.2) is 28.8 Å². The molecule has 1 aliphatic rings. The number of nitrogens with zero attached hydrogens (tertiary/aromatic N) is 1. The zero-order chi connectivity index (χ0) is 100. The largest absolute Gasteiger partial charge is 0.464 e. The van der Waals surface area contributed by atoms with Gasteiger partial charge in [0.15, 0.2) is 0 Å². The number of rotatable bonds is 37. The Hall–Kier alpha value is -12.4. The Balaban J connectivity index is 2.38. The van der Waals surface area contributed by atoms with Gasteiger partial charge in [0.25, 0.3) is 0 Å². The molecule has 17 amide bonds. The number of benzene rings is 2. The van der Waals surface area contributed by atoms with Crippen LogP contribution in [0.2, 0.25) is 0 Å². The summed E-state index contributed by atoms with van der Waals surface area (Å²) in [5.41, 5.74) is -4.09. The summed E-state index contributed by atoms with van der Waals surface area (Å²) >= 11 is 0. The number of carbonyl (C=O) groups excluding carboxylic acids is 18. The van der Waals surface area contributed by atoms with Gasteiger partial charge in [-0.3, -0.25) is 57.5 Å². The van der Waals surface area contributed by atoms with E-state index in [4.69, 9.17) is 33.2 Å². The molecule has 44 heteroatoms. The Morgan fingerprint density at radius 2 is 0.827 bits per heavy atom. The van der Waals surface area contributed by atoms with Gasteiger partial charge in [-0.2, -0.15) is 0 Å². The Bertz CT molecular complexity index is 4200. The number of ether oxygens (including phenoxy) is 7. The van der Waals surface area contributed by atoms with Gasteiger partial charge in [0.1, 0.15) is 102 Å². The third kappa shape index (κ3) is 48.6. The molecule has 0 spiro atoms. The number of amides is 17. The van der Waals surface area contributed by atoms with Crippen LogP contribution < -0.4 is 85.1 Å². The first kappa shape index (κ1) is 115. The molecule has 1 heterocycles. The molecule has 2 aromatic carbocycles. The highest BCUT2D eigenvalue weighted by Crippen LogP contribution is 2.17. The van der Waals surface area contributed by atoms with Crippen molar-refractivity contribution in [3.63, 3.8) is 0 Å². The molecule has 133 heavy (non-hydrogen) atoms. The lowest BCUT2D eigenvalue weighted by Crippen LogP contribution is -2.62. The third-order valence-corrected chi connectivity index (χ3v) is 18.6. The van der Waals surface area contributed by atoms with E-state index in [9.17, 15) is 77.3 Å². The number of aliphatic hydroxyl groups is 2. The minimum Gasteiger partial charge on any atom is -0.464 e. The smallest absolute Gasteiger partial charge is 0.410 e. The van der Waals surface area contributed by atoms with E-state index in [2.05, 4.69) is 85.1 Å². The van der Waals surface area contributed by atoms with E-state index in [-0.39, 0.29) is 52.2 Å². The molecule has 1 aliphatic heterocycles. The summed E-state index contributed by atoms with van der Waals surface area (Å²) in [5.74, 6) is -14.1. The maximum absolute atomic E-state index is 15.5. The summed E-state index contributed by atoms with van der Waals surface area (Å²) in [6.45, 7) is 28.4. The van der Waals surface area contributed by atoms with Crippen molar-refractivity contribution in [2.45, 2.75) is 310 Å². The summed E-state index contributed by atoms with van der Waals surface area (Å²) in [4.78, 5) is 257. The lowest BCUT2D eigenvalue weighted by molar-refractivity contribution is -0.147. The summed E-state index contributed by atoms with van der Waals surface area (Å²) in [6.07, 6.45) is -13.7. The average molecular weight is 1880 g/mol. The van der Waals surface area contributed by atoms with Crippen molar-refractivity contribution in [2.75, 3.05) is 59.0 Å². The Kier molecular flexibility index (Phi) is 47.6. The minimum absolute atomic E-state index is 0.147. The summed E-state index contributed by atoms with van der Waals surface area (Å²) in [5, 5.41) is 63.0. The zero-order valence-corrected chi connectivity index (χ0v) is 80.3. The Morgan fingerprint density at radius 3 is 1.25 bits per heavy atom. The molecular formula is C89H143N17O27. The van der Waals surface area contributed by atoms with Crippen LogP contribution in [0.1, 0.15) is 208 Å². The van der Waals surface area contributed by atoms with Gasteiger partial charge in [-0.1, -0.05) is 88.4 Å². The van der Waals surface area contributed by atoms with Crippen LogP contribution in [0.3, 0.4) is 0 Å². The van der Waals surface area contributed by atoms with Crippen LogP contribution in [0.4, 0.5) is 28.8 Å². The maximum Gasteiger partial charge on any atom is 0.410 e. The van der Waals surface area contributed by atoms with Crippen LogP contribution in [-0.2, 0) is 104 Å². The monoisotopic (exact) mass is 1880 g/mol. The van der Waals surface area contributed by atoms with Gasteiger partial charge < -0.3 is 133 Å². The fraction of sp³-hybridized carbons (Fsp3) is 0.663. The molecule has 0 saturated carbocycles. The van der Waals surface area contributed by atoms with Crippen LogP contribution in [0.15, 0.2) is 60.7 Å². The molecule has 1 fully saturated rings. The second-order valence-corrected chi connectivity index (χ2v) is 37.6. The van der Waals surface area contributed by atoms with Crippen molar-refractivity contribution in [3.05, 3.63) is 71.8 Å². The molecule has 0 aliphatic carbocycles. The molecule has 0 bridgehead atoms. The van der Waals surface area contributed by atoms with E-state index < -0.39 is 291 Å². The van der Waals surface area contributed by atoms with Gasteiger partial charge in [0, 0.05) is 58.7 Å². The topological polar surface area (TPSA) is 608 Å². The predicted octanol–water partition coefficient (Wildman–Crippen LogP) is 2.21. The number of esters is 1. The predicted molar refractivity (Wildman–Crippen MR) is 483 cm³/mol. The molecule has 3 rings (SSSR count). The van der Waals surface area contributed by atoms with Crippen molar-refractivity contribution in [3.8, 4) is 0 Å². The van der Waals surface area contributed by atoms with Crippen LogP contribution in [0, 0.1) is 11.8 Å². The van der Waals surface area contributed by atoms with E-state index >= 15 is 19.2 Å². The number of nitrogens with one attached hydrogen (secondary N) is 16. The standard InChI is InChI=1S/C89H143N17O27/c1-51(2)48-63-74(116)100-59(34-41-92-80(122)130-86(10,11)12)69(111)99-62(37-44-95-83(125)133-89(19,20)21)73(115)104-66(53(5)107)76(118)90-39-32-58(68(110)98-60(35-42-93-81(123)131-87(13,14)15)71(113)103-64(75(117)102-63)49-55-28-24-22-25-29-55)97-70(112)61(36-43-94-82(124)132-88(16,17)18)101-77(119)67(54(6)108)105-72(114)57(33-40-91-79(121)129-85(7,8)9)96-65(109)38-45-106(46-47-127-78(120)52(3)4)84(126)128-50-56-30-26-23-27-31-56/h22-31,51-54,57-64,66-67,107-108H,32-50H2,1-21H3,(H,90,118)(H,91,121)(H,92,122)(H,93,123)(H,94,124)(H,95,125)(H,96,109)(H,97,112)(H,98,110)(H,99,111)(H,100,116)(H,101,119)(H,102,117)(H,103,113)(H,104,115)(H,105,114)/t53-,54-,57+,58+,59+,60+,61+,62+,63+,64-,66+,67+/m1/s1. The van der Waals surface area contributed by atoms with E-state index in [1.165, 1.54) is 0 Å². The second-order valence-electron chi connectivity index (χ2n) is 37.6. The van der Waals surface area contributed by atoms with Crippen molar-refractivity contribution >= 4 is 108 Å². The highest BCUT2D eigenvalue weighted by atomic mass is 16.6. The zero-order valence-electron chi connectivity index (χ0n) is 80.3. The minimum atomic E-state index is -2.08. The number of aliphatic hydroxyl groups excluding tert-OH is 2.